The first-order chi connectivity index (χ1) is 24.8. The Kier molecular flexibility index (Phi) is 10.6. The van der Waals surface area contributed by atoms with Crippen LogP contribution in [0, 0.1) is 18.7 Å². The number of pyridine rings is 2. The number of piperazine rings is 1. The van der Waals surface area contributed by atoms with E-state index in [1.54, 1.807) is 4.90 Å². The summed E-state index contributed by atoms with van der Waals surface area (Å²) in [4.78, 5) is 42.4. The third-order valence-electron chi connectivity index (χ3n) is 9.60. The summed E-state index contributed by atoms with van der Waals surface area (Å²) >= 11 is 0. The molecule has 1 aromatic carbocycles. The van der Waals surface area contributed by atoms with Gasteiger partial charge in [0.2, 0.25) is 0 Å². The van der Waals surface area contributed by atoms with Crippen molar-refractivity contribution in [1.29, 1.82) is 0 Å². The van der Waals surface area contributed by atoms with Gasteiger partial charge in [-0.2, -0.15) is 0 Å². The van der Waals surface area contributed by atoms with Crippen LogP contribution >= 0.6 is 0 Å². The van der Waals surface area contributed by atoms with Crippen molar-refractivity contribution in [2.75, 3.05) is 51.3 Å². The van der Waals surface area contributed by atoms with Crippen molar-refractivity contribution in [3.8, 4) is 16.9 Å². The summed E-state index contributed by atoms with van der Waals surface area (Å²) in [5.41, 5.74) is 7.03. The molecule has 4 aromatic rings. The lowest BCUT2D eigenvalue weighted by molar-refractivity contribution is 0.0272. The number of anilines is 1. The zero-order chi connectivity index (χ0) is 37.3. The molecule has 0 aliphatic carbocycles. The summed E-state index contributed by atoms with van der Waals surface area (Å²) in [6, 6.07) is 11.7. The van der Waals surface area contributed by atoms with Gasteiger partial charge in [-0.05, 0) is 76.3 Å². The Morgan fingerprint density at radius 1 is 0.981 bits per heavy atom. The maximum absolute atomic E-state index is 14.4. The van der Waals surface area contributed by atoms with Crippen LogP contribution in [-0.4, -0.2) is 88.3 Å². The molecule has 1 saturated heterocycles. The first kappa shape index (κ1) is 36.8. The predicted molar refractivity (Wildman–Crippen MR) is 203 cm³/mol. The van der Waals surface area contributed by atoms with Crippen molar-refractivity contribution in [2.45, 2.75) is 73.5 Å². The van der Waals surface area contributed by atoms with Crippen LogP contribution in [0.25, 0.3) is 27.6 Å². The predicted octanol–water partition coefficient (Wildman–Crippen LogP) is 7.76. The average molecular weight is 711 g/mol. The molecular weight excluding hydrogens is 659 g/mol. The second kappa shape index (κ2) is 15.0. The summed E-state index contributed by atoms with van der Waals surface area (Å²) in [5.74, 6) is 0.767. The fourth-order valence-electron chi connectivity index (χ4n) is 7.17. The Morgan fingerprint density at radius 3 is 2.38 bits per heavy atom. The number of hydrogen-bond donors (Lipinski definition) is 0. The maximum atomic E-state index is 14.4. The quantitative estimate of drug-likeness (QED) is 0.185. The first-order valence-corrected chi connectivity index (χ1v) is 18.3. The number of aryl methyl sites for hydroxylation is 2. The van der Waals surface area contributed by atoms with Gasteiger partial charge in [-0.3, -0.25) is 9.78 Å². The number of carbonyl (C=O) groups is 2. The number of nitrogens with zero attached hydrogens (tertiary/aromatic N) is 6. The van der Waals surface area contributed by atoms with Gasteiger partial charge in [-0.15, -0.1) is 0 Å². The molecule has 10 nitrogen and oxygen atoms in total. The van der Waals surface area contributed by atoms with Crippen LogP contribution in [0.15, 0.2) is 48.7 Å². The highest BCUT2D eigenvalue weighted by Crippen LogP contribution is 2.38. The monoisotopic (exact) mass is 710 g/mol. The molecular formula is C41H51FN6O4. The maximum Gasteiger partial charge on any atom is 0.410 e. The minimum absolute atomic E-state index is 0.0521. The number of ether oxygens (including phenoxy) is 2. The standard InChI is InChI=1S/C41H51FN6O4/c1-9-32-12-13-33(27(4)44-32)34-20-30(39(49)46-17-15-45(16-18-46)38-36(51-8)22-31(42)23-43-38)19-29-21-35(48(37(29)34)24-26(2)3)28-11-10-14-47(25-28)40(50)52-41(5,6)7/h11-13,19-23,26H,9-10,14-18,24-25H2,1-8H3. The van der Waals surface area contributed by atoms with Crippen LogP contribution in [0.4, 0.5) is 15.0 Å². The van der Waals surface area contributed by atoms with Gasteiger partial charge in [0.1, 0.15) is 11.4 Å². The smallest absolute Gasteiger partial charge is 0.410 e. The van der Waals surface area contributed by atoms with Gasteiger partial charge in [-0.25, -0.2) is 14.2 Å². The van der Waals surface area contributed by atoms with Crippen molar-refractivity contribution in [1.82, 2.24) is 24.3 Å². The molecule has 0 unspecified atom stereocenters. The van der Waals surface area contributed by atoms with Gasteiger partial charge in [-0.1, -0.05) is 32.9 Å². The van der Waals surface area contributed by atoms with E-state index in [0.29, 0.717) is 62.3 Å². The van der Waals surface area contributed by atoms with Gasteiger partial charge in [0.15, 0.2) is 11.6 Å². The van der Waals surface area contributed by atoms with Crippen molar-refractivity contribution in [3.05, 3.63) is 77.1 Å². The summed E-state index contributed by atoms with van der Waals surface area (Å²) in [5, 5.41) is 0.963. The first-order valence-electron chi connectivity index (χ1n) is 18.3. The summed E-state index contributed by atoms with van der Waals surface area (Å²) < 4.78 is 27.3. The molecule has 2 amide bonds. The zero-order valence-electron chi connectivity index (χ0n) is 31.8. The zero-order valence-corrected chi connectivity index (χ0v) is 31.8. The Morgan fingerprint density at radius 2 is 1.73 bits per heavy atom. The van der Waals surface area contributed by atoms with Gasteiger partial charge in [0.05, 0.1) is 25.4 Å². The van der Waals surface area contributed by atoms with Crippen molar-refractivity contribution in [2.24, 2.45) is 5.92 Å². The van der Waals surface area contributed by atoms with E-state index < -0.39 is 11.4 Å². The van der Waals surface area contributed by atoms with Crippen LogP contribution in [0.5, 0.6) is 5.75 Å². The SMILES string of the molecule is CCc1ccc(-c2cc(C(=O)N3CCN(c4ncc(F)cc4OC)CC3)cc3cc(C4=CCCN(C(=O)OC(C)(C)C)C4)n(CC(C)C)c23)c(C)n1. The molecule has 52 heavy (non-hydrogen) atoms. The van der Waals surface area contributed by atoms with Crippen LogP contribution in [0.2, 0.25) is 0 Å². The molecule has 2 aliphatic heterocycles. The molecule has 3 aromatic heterocycles. The molecule has 0 N–H and O–H groups in total. The van der Waals surface area contributed by atoms with Crippen LogP contribution in [0.3, 0.4) is 0 Å². The number of amides is 2. The Balaban J connectivity index is 1.41. The van der Waals surface area contributed by atoms with Gasteiger partial charge in [0, 0.05) is 84.5 Å². The van der Waals surface area contributed by atoms with E-state index in [1.807, 2.05) is 49.6 Å². The van der Waals surface area contributed by atoms with Crippen molar-refractivity contribution in [3.63, 3.8) is 0 Å². The molecule has 1 fully saturated rings. The molecule has 6 rings (SSSR count). The number of fused-ring (bicyclic) bond motifs is 1. The molecule has 0 spiro atoms. The summed E-state index contributed by atoms with van der Waals surface area (Å²) in [6.45, 7) is 18.0. The number of hydrogen-bond acceptors (Lipinski definition) is 7. The molecule has 0 radical (unpaired) electrons. The summed E-state index contributed by atoms with van der Waals surface area (Å²) in [7, 11) is 1.50. The lowest BCUT2D eigenvalue weighted by Crippen LogP contribution is -2.49. The van der Waals surface area contributed by atoms with E-state index in [2.05, 4.69) is 54.6 Å². The lowest BCUT2D eigenvalue weighted by atomic mass is 9.97. The molecule has 0 atom stereocenters. The fourth-order valence-corrected chi connectivity index (χ4v) is 7.17. The third-order valence-corrected chi connectivity index (χ3v) is 9.60. The second-order valence-electron chi connectivity index (χ2n) is 15.2. The number of carbonyl (C=O) groups excluding carboxylic acids is 2. The Labute approximate surface area is 306 Å². The molecule has 0 bridgehead atoms. The average Bonchev–Trinajstić information content (AvgIpc) is 3.47. The van der Waals surface area contributed by atoms with E-state index in [1.165, 1.54) is 19.4 Å². The van der Waals surface area contributed by atoms with Gasteiger partial charge >= 0.3 is 6.09 Å². The number of aromatic nitrogens is 3. The molecule has 2 aliphatic rings. The molecule has 0 saturated carbocycles. The second-order valence-corrected chi connectivity index (χ2v) is 15.2. The number of halogens is 1. The molecule has 5 heterocycles. The van der Waals surface area contributed by atoms with E-state index in [4.69, 9.17) is 14.5 Å². The normalized spacial score (nSPS) is 15.3. The number of methoxy groups -OCH3 is 1. The summed E-state index contributed by atoms with van der Waals surface area (Å²) in [6.07, 6.45) is 4.65. The number of rotatable bonds is 8. The largest absolute Gasteiger partial charge is 0.493 e. The van der Waals surface area contributed by atoms with Gasteiger partial charge < -0.3 is 28.7 Å². The Bertz CT molecular complexity index is 2000. The minimum atomic E-state index is -0.584. The van der Waals surface area contributed by atoms with Crippen molar-refractivity contribution < 1.29 is 23.5 Å². The van der Waals surface area contributed by atoms with E-state index in [9.17, 15) is 14.0 Å². The number of benzene rings is 1. The molecule has 276 valence electrons. The molecule has 11 heteroatoms. The van der Waals surface area contributed by atoms with Crippen LogP contribution in [0.1, 0.15) is 75.4 Å². The van der Waals surface area contributed by atoms with Crippen molar-refractivity contribution >= 4 is 34.3 Å². The topological polar surface area (TPSA) is 93.0 Å². The van der Waals surface area contributed by atoms with E-state index >= 15 is 0 Å². The fraction of sp³-hybridized carbons (Fsp3) is 0.463. The highest BCUT2D eigenvalue weighted by Gasteiger charge is 2.29. The van der Waals surface area contributed by atoms with Crippen LogP contribution < -0.4 is 9.64 Å². The third kappa shape index (κ3) is 7.78. The highest BCUT2D eigenvalue weighted by atomic mass is 19.1. The van der Waals surface area contributed by atoms with Gasteiger partial charge in [0.25, 0.3) is 5.91 Å². The Hall–Kier alpha value is -4.93. The highest BCUT2D eigenvalue weighted by molar-refractivity contribution is 6.05. The van der Waals surface area contributed by atoms with E-state index in [0.717, 1.165) is 64.1 Å². The lowest BCUT2D eigenvalue weighted by Gasteiger charge is -2.36. The minimum Gasteiger partial charge on any atom is -0.493 e. The van der Waals surface area contributed by atoms with Crippen LogP contribution in [-0.2, 0) is 17.7 Å². The van der Waals surface area contributed by atoms with E-state index in [-0.39, 0.29) is 12.0 Å².